The van der Waals surface area contributed by atoms with Gasteiger partial charge in [-0.15, -0.1) is 0 Å². The molecule has 0 saturated carbocycles. The molecule has 0 aliphatic heterocycles. The third-order valence-electron chi connectivity index (χ3n) is 5.26. The van der Waals surface area contributed by atoms with Gasteiger partial charge in [0.25, 0.3) is 5.91 Å². The van der Waals surface area contributed by atoms with Crippen LogP contribution in [-0.4, -0.2) is 33.2 Å². The molecule has 7 nitrogen and oxygen atoms in total. The summed E-state index contributed by atoms with van der Waals surface area (Å²) in [6.45, 7) is 4.92. The zero-order valence-electron chi connectivity index (χ0n) is 18.1. The molecule has 3 aromatic rings. The van der Waals surface area contributed by atoms with Crippen molar-refractivity contribution in [3.05, 3.63) is 82.0 Å². The van der Waals surface area contributed by atoms with Crippen LogP contribution >= 0.6 is 11.6 Å². The molecule has 0 aliphatic carbocycles. The Balaban J connectivity index is 1.66. The highest BCUT2D eigenvalue weighted by Crippen LogP contribution is 2.32. The summed E-state index contributed by atoms with van der Waals surface area (Å²) in [5, 5.41) is 22.3. The minimum atomic E-state index is -1.54. The molecule has 3 rings (SSSR count). The third kappa shape index (κ3) is 5.55. The molecule has 174 valence electrons. The summed E-state index contributed by atoms with van der Waals surface area (Å²) < 4.78 is 27.3. The number of aliphatic hydroxyl groups is 1. The Kier molecular flexibility index (Phi) is 7.14. The zero-order valence-corrected chi connectivity index (χ0v) is 18.9. The highest BCUT2D eigenvalue weighted by molar-refractivity contribution is 6.31. The number of halogens is 3. The molecule has 0 fully saturated rings. The van der Waals surface area contributed by atoms with Gasteiger partial charge in [0.15, 0.2) is 6.10 Å². The standard InChI is InChI=1S/C23H23ClF2N4O3/c1-12(27-22(33)20(31)16-6-4-5-7-17(16)24)21(32)28-19-11-18(29-30-19)23(2,3)13-8-14(25)10-15(26)9-13/h4-12,20,31H,1-3H3,(H,27,33)(H2,28,29,30,32). The summed E-state index contributed by atoms with van der Waals surface area (Å²) in [4.78, 5) is 24.8. The van der Waals surface area contributed by atoms with Gasteiger partial charge < -0.3 is 15.7 Å². The minimum absolute atomic E-state index is 0.221. The first-order valence-electron chi connectivity index (χ1n) is 10.0. The van der Waals surface area contributed by atoms with Gasteiger partial charge in [-0.2, -0.15) is 5.10 Å². The van der Waals surface area contributed by atoms with Crippen molar-refractivity contribution in [3.63, 3.8) is 0 Å². The van der Waals surface area contributed by atoms with Gasteiger partial charge in [0.1, 0.15) is 23.5 Å². The van der Waals surface area contributed by atoms with Crippen molar-refractivity contribution >= 4 is 29.2 Å². The predicted molar refractivity (Wildman–Crippen MR) is 120 cm³/mol. The average Bonchev–Trinajstić information content (AvgIpc) is 3.22. The van der Waals surface area contributed by atoms with E-state index in [1.54, 1.807) is 32.0 Å². The predicted octanol–water partition coefficient (Wildman–Crippen LogP) is 3.84. The lowest BCUT2D eigenvalue weighted by Crippen LogP contribution is -2.43. The fourth-order valence-electron chi connectivity index (χ4n) is 3.21. The molecule has 2 unspecified atom stereocenters. The Bertz CT molecular complexity index is 1160. The Hall–Kier alpha value is -3.30. The topological polar surface area (TPSA) is 107 Å². The Morgan fingerprint density at radius 1 is 1.09 bits per heavy atom. The number of hydrogen-bond donors (Lipinski definition) is 4. The maximum absolute atomic E-state index is 13.6. The molecular formula is C23H23ClF2N4O3. The van der Waals surface area contributed by atoms with E-state index < -0.39 is 41.0 Å². The fraction of sp³-hybridized carbons (Fsp3) is 0.261. The third-order valence-corrected chi connectivity index (χ3v) is 5.60. The number of carbonyl (C=O) groups is 2. The lowest BCUT2D eigenvalue weighted by atomic mass is 9.81. The van der Waals surface area contributed by atoms with Crippen molar-refractivity contribution in [3.8, 4) is 0 Å². The first kappa shape index (κ1) is 24.3. The molecular weight excluding hydrogens is 454 g/mol. The number of aromatic amines is 1. The number of nitrogens with one attached hydrogen (secondary N) is 3. The summed E-state index contributed by atoms with van der Waals surface area (Å²) in [5.74, 6) is -2.53. The summed E-state index contributed by atoms with van der Waals surface area (Å²) in [7, 11) is 0. The second kappa shape index (κ2) is 9.68. The fourth-order valence-corrected chi connectivity index (χ4v) is 3.44. The SMILES string of the molecule is CC(NC(=O)C(O)c1ccccc1Cl)C(=O)Nc1cc(C(C)(C)c2cc(F)cc(F)c2)n[nH]1. The molecule has 2 atom stereocenters. The van der Waals surface area contributed by atoms with Gasteiger partial charge in [0.05, 0.1) is 5.69 Å². The highest BCUT2D eigenvalue weighted by Gasteiger charge is 2.28. The minimum Gasteiger partial charge on any atom is -0.378 e. The summed E-state index contributed by atoms with van der Waals surface area (Å²) in [5.41, 5.74) is 0.173. The van der Waals surface area contributed by atoms with Gasteiger partial charge in [-0.1, -0.05) is 43.6 Å². The van der Waals surface area contributed by atoms with Crippen molar-refractivity contribution in [2.24, 2.45) is 0 Å². The Morgan fingerprint density at radius 2 is 1.73 bits per heavy atom. The molecule has 4 N–H and O–H groups in total. The van der Waals surface area contributed by atoms with Gasteiger partial charge in [-0.05, 0) is 30.7 Å². The number of aromatic nitrogens is 2. The monoisotopic (exact) mass is 476 g/mol. The molecule has 2 aromatic carbocycles. The van der Waals surface area contributed by atoms with E-state index in [0.717, 1.165) is 6.07 Å². The van der Waals surface area contributed by atoms with Crippen LogP contribution in [0.3, 0.4) is 0 Å². The lowest BCUT2D eigenvalue weighted by molar-refractivity contribution is -0.132. The second-order valence-corrected chi connectivity index (χ2v) is 8.50. The zero-order chi connectivity index (χ0) is 24.3. The number of anilines is 1. The first-order valence-corrected chi connectivity index (χ1v) is 10.4. The molecule has 0 radical (unpaired) electrons. The van der Waals surface area contributed by atoms with E-state index in [1.165, 1.54) is 31.2 Å². The number of rotatable bonds is 7. The Morgan fingerprint density at radius 3 is 2.36 bits per heavy atom. The normalized spacial score (nSPS) is 13.3. The number of carbonyl (C=O) groups excluding carboxylic acids is 2. The van der Waals surface area contributed by atoms with Crippen LogP contribution in [-0.2, 0) is 15.0 Å². The van der Waals surface area contributed by atoms with E-state index in [4.69, 9.17) is 11.6 Å². The van der Waals surface area contributed by atoms with Crippen molar-refractivity contribution in [2.75, 3.05) is 5.32 Å². The van der Waals surface area contributed by atoms with Gasteiger partial charge in [0, 0.05) is 28.1 Å². The highest BCUT2D eigenvalue weighted by atomic mass is 35.5. The van der Waals surface area contributed by atoms with Crippen LogP contribution < -0.4 is 10.6 Å². The van der Waals surface area contributed by atoms with Crippen molar-refractivity contribution in [1.82, 2.24) is 15.5 Å². The number of benzene rings is 2. The van der Waals surface area contributed by atoms with E-state index in [0.29, 0.717) is 11.3 Å². The van der Waals surface area contributed by atoms with Gasteiger partial charge in [-0.3, -0.25) is 14.7 Å². The Labute approximate surface area is 194 Å². The van der Waals surface area contributed by atoms with Crippen molar-refractivity contribution in [2.45, 2.75) is 38.3 Å². The number of nitrogens with zero attached hydrogens (tertiary/aromatic N) is 1. The quantitative estimate of drug-likeness (QED) is 0.415. The number of aliphatic hydroxyl groups excluding tert-OH is 1. The largest absolute Gasteiger partial charge is 0.378 e. The molecule has 33 heavy (non-hydrogen) atoms. The molecule has 0 aliphatic rings. The summed E-state index contributed by atoms with van der Waals surface area (Å²) in [6, 6.07) is 10.1. The molecule has 0 bridgehead atoms. The molecule has 2 amide bonds. The summed E-state index contributed by atoms with van der Waals surface area (Å²) >= 11 is 6.00. The smallest absolute Gasteiger partial charge is 0.254 e. The molecule has 10 heteroatoms. The molecule has 1 heterocycles. The van der Waals surface area contributed by atoms with Crippen LogP contribution in [0.25, 0.3) is 0 Å². The maximum atomic E-state index is 13.6. The maximum Gasteiger partial charge on any atom is 0.254 e. The van der Waals surface area contributed by atoms with Crippen LogP contribution in [0.1, 0.15) is 43.7 Å². The molecule has 0 saturated heterocycles. The van der Waals surface area contributed by atoms with Crippen molar-refractivity contribution in [1.29, 1.82) is 0 Å². The van der Waals surface area contributed by atoms with E-state index >= 15 is 0 Å². The van der Waals surface area contributed by atoms with Gasteiger partial charge in [0.2, 0.25) is 5.91 Å². The summed E-state index contributed by atoms with van der Waals surface area (Å²) in [6.07, 6.45) is -1.54. The van der Waals surface area contributed by atoms with E-state index in [1.807, 2.05) is 0 Å². The van der Waals surface area contributed by atoms with E-state index in [-0.39, 0.29) is 16.4 Å². The molecule has 0 spiro atoms. The van der Waals surface area contributed by atoms with Crippen LogP contribution in [0.15, 0.2) is 48.5 Å². The second-order valence-electron chi connectivity index (χ2n) is 8.09. The van der Waals surface area contributed by atoms with Crippen LogP contribution in [0.2, 0.25) is 5.02 Å². The molecule has 1 aromatic heterocycles. The van der Waals surface area contributed by atoms with Gasteiger partial charge >= 0.3 is 0 Å². The van der Waals surface area contributed by atoms with E-state index in [9.17, 15) is 23.5 Å². The van der Waals surface area contributed by atoms with Crippen LogP contribution in [0.5, 0.6) is 0 Å². The van der Waals surface area contributed by atoms with E-state index in [2.05, 4.69) is 20.8 Å². The lowest BCUT2D eigenvalue weighted by Gasteiger charge is -2.23. The number of hydrogen-bond acceptors (Lipinski definition) is 4. The number of amides is 2. The number of H-pyrrole nitrogens is 1. The van der Waals surface area contributed by atoms with Crippen molar-refractivity contribution < 1.29 is 23.5 Å². The first-order chi connectivity index (χ1) is 15.5. The average molecular weight is 477 g/mol. The van der Waals surface area contributed by atoms with Gasteiger partial charge in [-0.25, -0.2) is 8.78 Å². The van der Waals surface area contributed by atoms with Crippen LogP contribution in [0, 0.1) is 11.6 Å². The van der Waals surface area contributed by atoms with Crippen LogP contribution in [0.4, 0.5) is 14.6 Å².